The molecule has 7 heteroatoms. The third-order valence-corrected chi connectivity index (χ3v) is 5.59. The molecule has 0 aliphatic carbocycles. The monoisotopic (exact) mass is 423 g/mol. The van der Waals surface area contributed by atoms with Crippen molar-refractivity contribution in [3.8, 4) is 0 Å². The molecule has 0 spiro atoms. The van der Waals surface area contributed by atoms with Gasteiger partial charge in [-0.15, -0.1) is 0 Å². The summed E-state index contributed by atoms with van der Waals surface area (Å²) in [6.07, 6.45) is 3.58. The zero-order chi connectivity index (χ0) is 21.4. The Balaban J connectivity index is 1.94. The first kappa shape index (κ1) is 19.9. The topological polar surface area (TPSA) is 72.9 Å². The van der Waals surface area contributed by atoms with Gasteiger partial charge in [-0.05, 0) is 41.5 Å². The molecule has 0 fully saturated rings. The maximum Gasteiger partial charge on any atom is 0.336 e. The molecule has 0 saturated heterocycles. The van der Waals surface area contributed by atoms with Crippen molar-refractivity contribution in [1.82, 2.24) is 4.90 Å². The van der Waals surface area contributed by atoms with Crippen LogP contribution in [-0.2, 0) is 19.1 Å². The van der Waals surface area contributed by atoms with E-state index in [1.807, 2.05) is 30.3 Å². The van der Waals surface area contributed by atoms with Crippen LogP contribution in [0.1, 0.15) is 27.5 Å². The molecule has 2 aliphatic rings. The van der Waals surface area contributed by atoms with Crippen LogP contribution in [0.2, 0.25) is 5.02 Å². The Bertz CT molecular complexity index is 1100. The lowest BCUT2D eigenvalue weighted by Gasteiger charge is -2.33. The van der Waals surface area contributed by atoms with Gasteiger partial charge < -0.3 is 14.4 Å². The van der Waals surface area contributed by atoms with Crippen LogP contribution in [0.3, 0.4) is 0 Å². The van der Waals surface area contributed by atoms with E-state index < -0.39 is 24.0 Å². The zero-order valence-electron chi connectivity index (χ0n) is 16.3. The van der Waals surface area contributed by atoms with Crippen molar-refractivity contribution in [3.63, 3.8) is 0 Å². The Hall–Kier alpha value is -3.38. The number of nitrogens with zero attached hydrogens (tertiary/aromatic N) is 1. The number of rotatable bonds is 4. The molecule has 2 unspecified atom stereocenters. The molecule has 152 valence electrons. The summed E-state index contributed by atoms with van der Waals surface area (Å²) in [6.45, 7) is 0. The fourth-order valence-corrected chi connectivity index (χ4v) is 4.14. The zero-order valence-corrected chi connectivity index (χ0v) is 17.1. The number of ether oxygens (including phenoxy) is 2. The first-order chi connectivity index (χ1) is 14.5. The van der Waals surface area contributed by atoms with Gasteiger partial charge >= 0.3 is 11.9 Å². The first-order valence-corrected chi connectivity index (χ1v) is 9.60. The molecule has 0 amide bonds. The number of benzene rings is 2. The van der Waals surface area contributed by atoms with Gasteiger partial charge in [0.1, 0.15) is 6.04 Å². The van der Waals surface area contributed by atoms with E-state index in [9.17, 15) is 14.4 Å². The highest BCUT2D eigenvalue weighted by molar-refractivity contribution is 6.30. The summed E-state index contributed by atoms with van der Waals surface area (Å²) in [5.41, 5.74) is 2.14. The standard InChI is InChI=1S/C23H18ClNO5/c1-29-22(27)17-18(23(28)30-2)20(21(26)14-7-9-15(24)10-8-14)25-12-11-13-5-3-4-6-16(13)19(17)25/h3-12,19-20H,1-2H3. The van der Waals surface area contributed by atoms with Crippen molar-refractivity contribution >= 4 is 35.4 Å². The summed E-state index contributed by atoms with van der Waals surface area (Å²) < 4.78 is 9.95. The van der Waals surface area contributed by atoms with Crippen LogP contribution in [0.25, 0.3) is 6.08 Å². The van der Waals surface area contributed by atoms with E-state index in [-0.39, 0.29) is 16.9 Å². The summed E-state index contributed by atoms with van der Waals surface area (Å²) >= 11 is 5.95. The van der Waals surface area contributed by atoms with Crippen LogP contribution in [0.5, 0.6) is 0 Å². The van der Waals surface area contributed by atoms with Gasteiger partial charge in [0.2, 0.25) is 0 Å². The molecule has 0 aromatic heterocycles. The molecule has 0 radical (unpaired) electrons. The Morgan fingerprint density at radius 2 is 1.53 bits per heavy atom. The summed E-state index contributed by atoms with van der Waals surface area (Å²) in [7, 11) is 2.46. The Kier molecular flexibility index (Phi) is 5.18. The largest absolute Gasteiger partial charge is 0.466 e. The lowest BCUT2D eigenvalue weighted by atomic mass is 9.91. The maximum absolute atomic E-state index is 13.5. The number of Topliss-reactive ketones (excluding diaryl/α,β-unsaturated/α-hetero) is 1. The van der Waals surface area contributed by atoms with Crippen LogP contribution in [0.4, 0.5) is 0 Å². The van der Waals surface area contributed by atoms with Crippen molar-refractivity contribution in [2.75, 3.05) is 14.2 Å². The average Bonchev–Trinajstić information content (AvgIpc) is 3.13. The van der Waals surface area contributed by atoms with Crippen molar-refractivity contribution in [2.24, 2.45) is 0 Å². The lowest BCUT2D eigenvalue weighted by molar-refractivity contribution is -0.139. The highest BCUT2D eigenvalue weighted by atomic mass is 35.5. The van der Waals surface area contributed by atoms with E-state index in [0.29, 0.717) is 10.6 Å². The molecule has 2 aliphatic heterocycles. The van der Waals surface area contributed by atoms with Crippen LogP contribution in [-0.4, -0.2) is 42.9 Å². The number of ketones is 1. The van der Waals surface area contributed by atoms with Crippen LogP contribution < -0.4 is 0 Å². The normalized spacial score (nSPS) is 19.2. The number of fused-ring (bicyclic) bond motifs is 3. The Morgan fingerprint density at radius 1 is 0.900 bits per heavy atom. The Morgan fingerprint density at radius 3 is 2.20 bits per heavy atom. The van der Waals surface area contributed by atoms with E-state index >= 15 is 0 Å². The minimum Gasteiger partial charge on any atom is -0.466 e. The van der Waals surface area contributed by atoms with Gasteiger partial charge in [-0.25, -0.2) is 9.59 Å². The molecule has 2 aromatic rings. The second-order valence-corrected chi connectivity index (χ2v) is 7.32. The first-order valence-electron chi connectivity index (χ1n) is 9.23. The number of methoxy groups -OCH3 is 2. The molecule has 2 aromatic carbocycles. The summed E-state index contributed by atoms with van der Waals surface area (Å²) in [6, 6.07) is 12.2. The van der Waals surface area contributed by atoms with Crippen molar-refractivity contribution in [1.29, 1.82) is 0 Å². The van der Waals surface area contributed by atoms with Gasteiger partial charge in [-0.3, -0.25) is 4.79 Å². The number of halogens is 1. The van der Waals surface area contributed by atoms with Gasteiger partial charge in [0, 0.05) is 16.8 Å². The molecular formula is C23H18ClNO5. The molecule has 0 bridgehead atoms. The highest BCUT2D eigenvalue weighted by Gasteiger charge is 2.50. The molecule has 0 saturated carbocycles. The number of hydrogen-bond donors (Lipinski definition) is 0. The minimum absolute atomic E-state index is 0.0179. The van der Waals surface area contributed by atoms with Crippen LogP contribution in [0, 0.1) is 0 Å². The van der Waals surface area contributed by atoms with Crippen LogP contribution >= 0.6 is 11.6 Å². The number of hydrogen-bond acceptors (Lipinski definition) is 6. The number of esters is 2. The Labute approximate surface area is 178 Å². The molecule has 0 N–H and O–H groups in total. The molecule has 30 heavy (non-hydrogen) atoms. The van der Waals surface area contributed by atoms with Crippen molar-refractivity contribution in [3.05, 3.63) is 87.6 Å². The van der Waals surface area contributed by atoms with E-state index in [1.54, 1.807) is 35.4 Å². The summed E-state index contributed by atoms with van der Waals surface area (Å²) in [5.74, 6) is -1.77. The maximum atomic E-state index is 13.5. The second-order valence-electron chi connectivity index (χ2n) is 6.88. The third kappa shape index (κ3) is 3.09. The van der Waals surface area contributed by atoms with Gasteiger partial charge in [-0.1, -0.05) is 35.9 Å². The van der Waals surface area contributed by atoms with Gasteiger partial charge in [0.05, 0.1) is 31.4 Å². The van der Waals surface area contributed by atoms with Crippen LogP contribution in [0.15, 0.2) is 65.9 Å². The third-order valence-electron chi connectivity index (χ3n) is 5.34. The molecule has 2 heterocycles. The van der Waals surface area contributed by atoms with Gasteiger partial charge in [0.15, 0.2) is 5.78 Å². The fourth-order valence-electron chi connectivity index (χ4n) is 4.01. The van der Waals surface area contributed by atoms with Gasteiger partial charge in [-0.2, -0.15) is 0 Å². The molecule has 6 nitrogen and oxygen atoms in total. The SMILES string of the molecule is COC(=O)C1=C(C(=O)OC)C2c3ccccc3C=CN2C1C(=O)c1ccc(Cl)cc1. The minimum atomic E-state index is -1.04. The number of carbonyl (C=O) groups excluding carboxylic acids is 3. The predicted octanol–water partition coefficient (Wildman–Crippen LogP) is 3.58. The van der Waals surface area contributed by atoms with E-state index in [1.165, 1.54) is 14.2 Å². The smallest absolute Gasteiger partial charge is 0.336 e. The molecule has 2 atom stereocenters. The van der Waals surface area contributed by atoms with E-state index in [4.69, 9.17) is 21.1 Å². The predicted molar refractivity (Wildman–Crippen MR) is 111 cm³/mol. The van der Waals surface area contributed by atoms with Gasteiger partial charge in [0.25, 0.3) is 0 Å². The quantitative estimate of drug-likeness (QED) is 0.553. The van der Waals surface area contributed by atoms with E-state index in [0.717, 1.165) is 11.1 Å². The lowest BCUT2D eigenvalue weighted by Crippen LogP contribution is -2.39. The van der Waals surface area contributed by atoms with E-state index in [2.05, 4.69) is 0 Å². The fraction of sp³-hybridized carbons (Fsp3) is 0.174. The number of carbonyl (C=O) groups is 3. The average molecular weight is 424 g/mol. The van der Waals surface area contributed by atoms with Crippen molar-refractivity contribution < 1.29 is 23.9 Å². The van der Waals surface area contributed by atoms with Crippen molar-refractivity contribution in [2.45, 2.75) is 12.1 Å². The summed E-state index contributed by atoms with van der Waals surface area (Å²) in [5, 5.41) is 0.488. The highest BCUT2D eigenvalue weighted by Crippen LogP contribution is 2.46. The molecular weight excluding hydrogens is 406 g/mol. The second kappa shape index (κ2) is 7.80. The summed E-state index contributed by atoms with van der Waals surface area (Å²) in [4.78, 5) is 40.8. The molecule has 4 rings (SSSR count).